The Labute approximate surface area is 123 Å². The molecule has 0 saturated heterocycles. The summed E-state index contributed by atoms with van der Waals surface area (Å²) in [5.74, 6) is 0.00547. The number of nitrogen functional groups attached to an aromatic ring is 1. The average molecular weight is 277 g/mol. The molecule has 1 heterocycles. The number of amides is 1. The first kappa shape index (κ1) is 13.2. The normalized spacial score (nSPS) is 13.7. The molecule has 3 rings (SSSR count). The third-order valence-corrected chi connectivity index (χ3v) is 3.73. The molecule has 0 bridgehead atoms. The monoisotopic (exact) mass is 277 g/mol. The van der Waals surface area contributed by atoms with Gasteiger partial charge in [-0.25, -0.2) is 0 Å². The fourth-order valence-corrected chi connectivity index (χ4v) is 2.65. The van der Waals surface area contributed by atoms with E-state index in [1.807, 2.05) is 30.3 Å². The number of nitrogens with zero attached hydrogens (tertiary/aromatic N) is 2. The Morgan fingerprint density at radius 3 is 2.90 bits per heavy atom. The van der Waals surface area contributed by atoms with E-state index < -0.39 is 0 Å². The maximum Gasteiger partial charge on any atom is 0.254 e. The van der Waals surface area contributed by atoms with E-state index >= 15 is 0 Å². The Balaban J connectivity index is 1.85. The summed E-state index contributed by atoms with van der Waals surface area (Å²) < 4.78 is 0. The van der Waals surface area contributed by atoms with Crippen molar-refractivity contribution in [3.05, 3.63) is 64.7 Å². The second kappa shape index (κ2) is 5.29. The van der Waals surface area contributed by atoms with Crippen molar-refractivity contribution in [2.45, 2.75) is 13.0 Å². The smallest absolute Gasteiger partial charge is 0.254 e. The molecule has 4 heteroatoms. The highest BCUT2D eigenvalue weighted by molar-refractivity contribution is 5.97. The predicted molar refractivity (Wildman–Crippen MR) is 80.5 cm³/mol. The molecule has 0 spiro atoms. The van der Waals surface area contributed by atoms with Crippen LogP contribution in [-0.2, 0) is 13.0 Å². The Kier molecular flexibility index (Phi) is 3.33. The van der Waals surface area contributed by atoms with Crippen LogP contribution in [0, 0.1) is 11.3 Å². The number of nitriles is 1. The van der Waals surface area contributed by atoms with Gasteiger partial charge in [0.1, 0.15) is 0 Å². The Bertz CT molecular complexity index is 746. The van der Waals surface area contributed by atoms with Gasteiger partial charge >= 0.3 is 0 Å². The first-order chi connectivity index (χ1) is 10.2. The molecule has 2 aromatic rings. The van der Waals surface area contributed by atoms with Crippen LogP contribution in [-0.4, -0.2) is 17.4 Å². The molecule has 0 fully saturated rings. The van der Waals surface area contributed by atoms with Gasteiger partial charge in [0.15, 0.2) is 0 Å². The number of fused-ring (bicyclic) bond motifs is 1. The zero-order valence-electron chi connectivity index (χ0n) is 11.5. The Hall–Kier alpha value is -2.80. The minimum absolute atomic E-state index is 0.00547. The highest BCUT2D eigenvalue weighted by Crippen LogP contribution is 2.22. The van der Waals surface area contributed by atoms with Gasteiger partial charge in [-0.1, -0.05) is 18.2 Å². The van der Waals surface area contributed by atoms with Gasteiger partial charge in [0, 0.05) is 24.3 Å². The number of carbonyl (C=O) groups excluding carboxylic acids is 1. The van der Waals surface area contributed by atoms with Crippen LogP contribution in [0.25, 0.3) is 0 Å². The molecule has 2 N–H and O–H groups in total. The second-order valence-electron chi connectivity index (χ2n) is 5.21. The fraction of sp³-hybridized carbons (Fsp3) is 0.176. The maximum atomic E-state index is 12.5. The summed E-state index contributed by atoms with van der Waals surface area (Å²) in [6, 6.07) is 15.0. The first-order valence-electron chi connectivity index (χ1n) is 6.84. The minimum Gasteiger partial charge on any atom is -0.399 e. The molecule has 0 saturated carbocycles. The molecule has 1 aliphatic heterocycles. The first-order valence-corrected chi connectivity index (χ1v) is 6.84. The zero-order chi connectivity index (χ0) is 14.8. The molecule has 0 unspecified atom stereocenters. The quantitative estimate of drug-likeness (QED) is 0.856. The van der Waals surface area contributed by atoms with Gasteiger partial charge in [-0.05, 0) is 41.8 Å². The predicted octanol–water partition coefficient (Wildman–Crippen LogP) is 2.34. The summed E-state index contributed by atoms with van der Waals surface area (Å²) in [5.41, 5.74) is 9.70. The average Bonchev–Trinajstić information content (AvgIpc) is 2.51. The van der Waals surface area contributed by atoms with Gasteiger partial charge in [-0.2, -0.15) is 5.26 Å². The third kappa shape index (κ3) is 2.59. The number of carbonyl (C=O) groups is 1. The lowest BCUT2D eigenvalue weighted by Crippen LogP contribution is -2.37. The van der Waals surface area contributed by atoms with Crippen molar-refractivity contribution in [1.82, 2.24) is 4.90 Å². The largest absolute Gasteiger partial charge is 0.399 e. The fourth-order valence-electron chi connectivity index (χ4n) is 2.65. The topological polar surface area (TPSA) is 70.1 Å². The summed E-state index contributed by atoms with van der Waals surface area (Å²) in [5, 5.41) is 8.94. The molecule has 21 heavy (non-hydrogen) atoms. The van der Waals surface area contributed by atoms with Crippen LogP contribution in [0.3, 0.4) is 0 Å². The van der Waals surface area contributed by atoms with E-state index in [-0.39, 0.29) is 5.91 Å². The van der Waals surface area contributed by atoms with E-state index in [9.17, 15) is 4.79 Å². The van der Waals surface area contributed by atoms with Crippen molar-refractivity contribution in [3.63, 3.8) is 0 Å². The van der Waals surface area contributed by atoms with E-state index in [4.69, 9.17) is 11.0 Å². The van der Waals surface area contributed by atoms with Crippen LogP contribution in [0.1, 0.15) is 27.0 Å². The number of rotatable bonds is 2. The molecular weight excluding hydrogens is 262 g/mol. The number of nitrogens with two attached hydrogens (primary N) is 1. The zero-order valence-corrected chi connectivity index (χ0v) is 11.5. The highest BCUT2D eigenvalue weighted by Gasteiger charge is 2.24. The van der Waals surface area contributed by atoms with Gasteiger partial charge in [-0.15, -0.1) is 0 Å². The Morgan fingerprint density at radius 1 is 1.24 bits per heavy atom. The van der Waals surface area contributed by atoms with E-state index in [0.717, 1.165) is 17.5 Å². The van der Waals surface area contributed by atoms with Crippen LogP contribution in [0.5, 0.6) is 0 Å². The molecule has 0 atom stereocenters. The SMILES string of the molecule is N#Cc1cccc(CN2CCc3ccc(N)cc3C2=O)c1. The lowest BCUT2D eigenvalue weighted by atomic mass is 9.98. The van der Waals surface area contributed by atoms with Crippen LogP contribution < -0.4 is 5.73 Å². The molecule has 1 amide bonds. The van der Waals surface area contributed by atoms with E-state index in [0.29, 0.717) is 29.9 Å². The second-order valence-corrected chi connectivity index (χ2v) is 5.21. The van der Waals surface area contributed by atoms with Gasteiger partial charge < -0.3 is 10.6 Å². The van der Waals surface area contributed by atoms with Crippen molar-refractivity contribution in [3.8, 4) is 6.07 Å². The van der Waals surface area contributed by atoms with Crippen molar-refractivity contribution in [2.24, 2.45) is 0 Å². The third-order valence-electron chi connectivity index (χ3n) is 3.73. The van der Waals surface area contributed by atoms with Gasteiger partial charge in [0.25, 0.3) is 5.91 Å². The van der Waals surface area contributed by atoms with Crippen molar-refractivity contribution in [1.29, 1.82) is 5.26 Å². The lowest BCUT2D eigenvalue weighted by Gasteiger charge is -2.29. The van der Waals surface area contributed by atoms with Crippen LogP contribution in [0.15, 0.2) is 42.5 Å². The van der Waals surface area contributed by atoms with Crippen LogP contribution >= 0.6 is 0 Å². The molecular formula is C17H15N3O. The summed E-state index contributed by atoms with van der Waals surface area (Å²) in [6.07, 6.45) is 0.833. The molecule has 104 valence electrons. The number of benzene rings is 2. The number of hydrogen-bond donors (Lipinski definition) is 1. The summed E-state index contributed by atoms with van der Waals surface area (Å²) >= 11 is 0. The molecule has 0 aromatic heterocycles. The maximum absolute atomic E-state index is 12.5. The summed E-state index contributed by atoms with van der Waals surface area (Å²) in [7, 11) is 0. The van der Waals surface area contributed by atoms with Gasteiger partial charge in [0.2, 0.25) is 0 Å². The summed E-state index contributed by atoms with van der Waals surface area (Å²) in [6.45, 7) is 1.20. The molecule has 0 radical (unpaired) electrons. The van der Waals surface area contributed by atoms with E-state index in [2.05, 4.69) is 6.07 Å². The van der Waals surface area contributed by atoms with Crippen molar-refractivity contribution < 1.29 is 4.79 Å². The summed E-state index contributed by atoms with van der Waals surface area (Å²) in [4.78, 5) is 14.3. The molecule has 4 nitrogen and oxygen atoms in total. The van der Waals surface area contributed by atoms with E-state index in [1.54, 1.807) is 17.0 Å². The van der Waals surface area contributed by atoms with E-state index in [1.165, 1.54) is 0 Å². The van der Waals surface area contributed by atoms with Gasteiger partial charge in [0.05, 0.1) is 11.6 Å². The van der Waals surface area contributed by atoms with Crippen molar-refractivity contribution in [2.75, 3.05) is 12.3 Å². The number of anilines is 1. The van der Waals surface area contributed by atoms with Crippen LogP contribution in [0.2, 0.25) is 0 Å². The minimum atomic E-state index is 0.00547. The van der Waals surface area contributed by atoms with Gasteiger partial charge in [-0.3, -0.25) is 4.79 Å². The standard InChI is InChI=1S/C17H15N3O/c18-10-12-2-1-3-13(8-12)11-20-7-6-14-4-5-15(19)9-16(14)17(20)21/h1-5,8-9H,6-7,11,19H2. The Morgan fingerprint density at radius 2 is 2.10 bits per heavy atom. The van der Waals surface area contributed by atoms with Crippen LogP contribution in [0.4, 0.5) is 5.69 Å². The lowest BCUT2D eigenvalue weighted by molar-refractivity contribution is 0.0727. The molecule has 0 aliphatic carbocycles. The van der Waals surface area contributed by atoms with Crippen molar-refractivity contribution >= 4 is 11.6 Å². The highest BCUT2D eigenvalue weighted by atomic mass is 16.2. The number of hydrogen-bond acceptors (Lipinski definition) is 3. The molecule has 2 aromatic carbocycles. The molecule has 1 aliphatic rings.